The molecular weight excluding hydrogens is 420 g/mol. The second-order valence-electron chi connectivity index (χ2n) is 7.51. The SMILES string of the molecule is COc1ccc(-c2ccc3c(N4CCOC[C@@H]4C)nc(NCC(F)F)nc3n2)cc1CO. The Kier molecular flexibility index (Phi) is 6.61. The zero-order valence-electron chi connectivity index (χ0n) is 17.9. The number of hydrogen-bond acceptors (Lipinski definition) is 8. The first-order chi connectivity index (χ1) is 15.5. The Bertz CT molecular complexity index is 1100. The van der Waals surface area contributed by atoms with Crippen molar-refractivity contribution in [3.05, 3.63) is 35.9 Å². The number of aliphatic hydroxyl groups excluding tert-OH is 1. The fourth-order valence-electron chi connectivity index (χ4n) is 3.72. The number of methoxy groups -OCH3 is 1. The molecule has 0 amide bonds. The van der Waals surface area contributed by atoms with Gasteiger partial charge in [-0.2, -0.15) is 9.97 Å². The van der Waals surface area contributed by atoms with E-state index in [1.54, 1.807) is 19.2 Å². The van der Waals surface area contributed by atoms with E-state index in [9.17, 15) is 13.9 Å². The van der Waals surface area contributed by atoms with E-state index in [-0.39, 0.29) is 18.6 Å². The highest BCUT2D eigenvalue weighted by molar-refractivity contribution is 5.90. The lowest BCUT2D eigenvalue weighted by Gasteiger charge is -2.34. The number of aliphatic hydroxyl groups is 1. The van der Waals surface area contributed by atoms with Gasteiger partial charge in [0.25, 0.3) is 6.43 Å². The van der Waals surface area contributed by atoms with Crippen molar-refractivity contribution in [3.63, 3.8) is 0 Å². The number of nitrogens with zero attached hydrogens (tertiary/aromatic N) is 4. The predicted molar refractivity (Wildman–Crippen MR) is 117 cm³/mol. The first-order valence-corrected chi connectivity index (χ1v) is 10.3. The number of fused-ring (bicyclic) bond motifs is 1. The molecule has 10 heteroatoms. The van der Waals surface area contributed by atoms with Gasteiger partial charge in [-0.1, -0.05) is 0 Å². The lowest BCUT2D eigenvalue weighted by atomic mass is 10.1. The number of pyridine rings is 1. The molecule has 3 heterocycles. The molecule has 1 aliphatic heterocycles. The van der Waals surface area contributed by atoms with Crippen LogP contribution >= 0.6 is 0 Å². The Labute approximate surface area is 184 Å². The molecule has 32 heavy (non-hydrogen) atoms. The highest BCUT2D eigenvalue weighted by atomic mass is 19.3. The Morgan fingerprint density at radius 1 is 1.25 bits per heavy atom. The molecule has 0 aliphatic carbocycles. The number of alkyl halides is 2. The molecule has 1 aliphatic rings. The maximum atomic E-state index is 12.8. The molecule has 0 bridgehead atoms. The number of nitrogens with one attached hydrogen (secondary N) is 1. The van der Waals surface area contributed by atoms with Gasteiger partial charge in [-0.05, 0) is 37.3 Å². The van der Waals surface area contributed by atoms with Crippen molar-refractivity contribution in [3.8, 4) is 17.0 Å². The first kappa shape index (κ1) is 22.1. The summed E-state index contributed by atoms with van der Waals surface area (Å²) in [5.74, 6) is 1.32. The number of rotatable bonds is 7. The molecular formula is C22H25F2N5O3. The summed E-state index contributed by atoms with van der Waals surface area (Å²) in [5.41, 5.74) is 2.44. The van der Waals surface area contributed by atoms with E-state index >= 15 is 0 Å². The van der Waals surface area contributed by atoms with Gasteiger partial charge in [0.05, 0.1) is 50.6 Å². The number of aromatic nitrogens is 3. The summed E-state index contributed by atoms with van der Waals surface area (Å²) in [5, 5.41) is 13.0. The molecule has 4 rings (SSSR count). The standard InChI is InChI=1S/C22H25F2N5O3/c1-13-12-32-8-7-29(13)21-16-4-5-17(14-3-6-18(31-2)15(9-14)11-30)26-20(16)27-22(28-21)25-10-19(23)24/h3-6,9,13,19,30H,7-8,10-12H2,1-2H3,(H,25,26,27,28)/t13-/m0/s1. The summed E-state index contributed by atoms with van der Waals surface area (Å²) in [6, 6.07) is 9.22. The molecule has 3 aromatic rings. The molecule has 8 nitrogen and oxygen atoms in total. The van der Waals surface area contributed by atoms with Crippen LogP contribution < -0.4 is 15.0 Å². The summed E-state index contributed by atoms with van der Waals surface area (Å²) in [6.07, 6.45) is -2.53. The molecule has 1 fully saturated rings. The van der Waals surface area contributed by atoms with Crippen LogP contribution in [0, 0.1) is 0 Å². The Hall–Kier alpha value is -3.11. The van der Waals surface area contributed by atoms with Crippen LogP contribution in [0.2, 0.25) is 0 Å². The third kappa shape index (κ3) is 4.56. The van der Waals surface area contributed by atoms with Gasteiger partial charge in [-0.15, -0.1) is 0 Å². The molecule has 1 aromatic carbocycles. The normalized spacial score (nSPS) is 16.6. The fraction of sp³-hybridized carbons (Fsp3) is 0.409. The van der Waals surface area contributed by atoms with Crippen LogP contribution in [0.15, 0.2) is 30.3 Å². The van der Waals surface area contributed by atoms with Gasteiger partial charge >= 0.3 is 0 Å². The lowest BCUT2D eigenvalue weighted by molar-refractivity contribution is 0.0987. The number of benzene rings is 1. The van der Waals surface area contributed by atoms with E-state index in [2.05, 4.69) is 25.2 Å². The summed E-state index contributed by atoms with van der Waals surface area (Å²) in [7, 11) is 1.54. The average molecular weight is 445 g/mol. The summed E-state index contributed by atoms with van der Waals surface area (Å²) >= 11 is 0. The van der Waals surface area contributed by atoms with Crippen LogP contribution in [-0.2, 0) is 11.3 Å². The Morgan fingerprint density at radius 2 is 2.09 bits per heavy atom. The van der Waals surface area contributed by atoms with Crippen LogP contribution in [0.4, 0.5) is 20.5 Å². The number of halogens is 2. The van der Waals surface area contributed by atoms with Crippen molar-refractivity contribution in [1.29, 1.82) is 0 Å². The van der Waals surface area contributed by atoms with Crippen molar-refractivity contribution in [1.82, 2.24) is 15.0 Å². The number of ether oxygens (including phenoxy) is 2. The van der Waals surface area contributed by atoms with Gasteiger partial charge in [0.1, 0.15) is 11.6 Å². The third-order valence-corrected chi connectivity index (χ3v) is 5.34. The topological polar surface area (TPSA) is 92.6 Å². The van der Waals surface area contributed by atoms with Crippen molar-refractivity contribution < 1.29 is 23.4 Å². The maximum absolute atomic E-state index is 12.8. The van der Waals surface area contributed by atoms with E-state index in [0.717, 1.165) is 10.9 Å². The zero-order chi connectivity index (χ0) is 22.7. The molecule has 1 atom stereocenters. The van der Waals surface area contributed by atoms with E-state index in [0.29, 0.717) is 48.2 Å². The predicted octanol–water partition coefficient (Wildman–Crippen LogP) is 3.09. The highest BCUT2D eigenvalue weighted by Gasteiger charge is 2.24. The molecule has 170 valence electrons. The molecule has 2 N–H and O–H groups in total. The van der Waals surface area contributed by atoms with E-state index < -0.39 is 13.0 Å². The molecule has 2 aromatic heterocycles. The highest BCUT2D eigenvalue weighted by Crippen LogP contribution is 2.31. The molecule has 0 unspecified atom stereocenters. The van der Waals surface area contributed by atoms with Gasteiger partial charge in [0.15, 0.2) is 5.65 Å². The van der Waals surface area contributed by atoms with Crippen LogP contribution in [0.1, 0.15) is 12.5 Å². The van der Waals surface area contributed by atoms with Crippen LogP contribution in [-0.4, -0.2) is 65.9 Å². The van der Waals surface area contributed by atoms with Gasteiger partial charge in [-0.3, -0.25) is 0 Å². The minimum Gasteiger partial charge on any atom is -0.496 e. The molecule has 0 saturated carbocycles. The summed E-state index contributed by atoms with van der Waals surface area (Å²) < 4.78 is 36.4. The second-order valence-corrected chi connectivity index (χ2v) is 7.51. The number of anilines is 2. The van der Waals surface area contributed by atoms with Gasteiger partial charge < -0.3 is 24.8 Å². The monoisotopic (exact) mass is 445 g/mol. The fourth-order valence-corrected chi connectivity index (χ4v) is 3.72. The van der Waals surface area contributed by atoms with Gasteiger partial charge in [0.2, 0.25) is 5.95 Å². The van der Waals surface area contributed by atoms with Crippen LogP contribution in [0.25, 0.3) is 22.3 Å². The maximum Gasteiger partial charge on any atom is 0.255 e. The largest absolute Gasteiger partial charge is 0.496 e. The molecule has 0 spiro atoms. The van der Waals surface area contributed by atoms with Crippen LogP contribution in [0.3, 0.4) is 0 Å². The summed E-state index contributed by atoms with van der Waals surface area (Å²) in [6.45, 7) is 3.02. The molecule has 0 radical (unpaired) electrons. The van der Waals surface area contributed by atoms with Gasteiger partial charge in [0, 0.05) is 17.7 Å². The smallest absolute Gasteiger partial charge is 0.255 e. The third-order valence-electron chi connectivity index (χ3n) is 5.34. The van der Waals surface area contributed by atoms with E-state index in [4.69, 9.17) is 9.47 Å². The second kappa shape index (κ2) is 9.58. The molecule has 1 saturated heterocycles. The minimum atomic E-state index is -2.53. The van der Waals surface area contributed by atoms with Crippen molar-refractivity contribution >= 4 is 22.8 Å². The quantitative estimate of drug-likeness (QED) is 0.573. The van der Waals surface area contributed by atoms with Crippen molar-refractivity contribution in [2.24, 2.45) is 0 Å². The van der Waals surface area contributed by atoms with E-state index in [1.807, 2.05) is 25.1 Å². The van der Waals surface area contributed by atoms with Crippen LogP contribution in [0.5, 0.6) is 5.75 Å². The van der Waals surface area contributed by atoms with E-state index in [1.165, 1.54) is 0 Å². The first-order valence-electron chi connectivity index (χ1n) is 10.3. The zero-order valence-corrected chi connectivity index (χ0v) is 17.9. The average Bonchev–Trinajstić information content (AvgIpc) is 2.81. The lowest BCUT2D eigenvalue weighted by Crippen LogP contribution is -2.44. The number of morpholine rings is 1. The van der Waals surface area contributed by atoms with Crippen molar-refractivity contribution in [2.45, 2.75) is 26.0 Å². The minimum absolute atomic E-state index is 0.0678. The Balaban J connectivity index is 1.80. The number of hydrogen-bond donors (Lipinski definition) is 2. The van der Waals surface area contributed by atoms with Crippen molar-refractivity contribution in [2.75, 3.05) is 43.6 Å². The Morgan fingerprint density at radius 3 is 2.81 bits per heavy atom. The van der Waals surface area contributed by atoms with Gasteiger partial charge in [-0.25, -0.2) is 13.8 Å². The summed E-state index contributed by atoms with van der Waals surface area (Å²) in [4.78, 5) is 15.7.